The van der Waals surface area contributed by atoms with Crippen molar-refractivity contribution < 1.29 is 9.96 Å². The lowest BCUT2D eigenvalue weighted by Gasteiger charge is -1.95. The van der Waals surface area contributed by atoms with Gasteiger partial charge in [0.05, 0.1) is 11.1 Å². The monoisotopic (exact) mass is 252 g/mol. The van der Waals surface area contributed by atoms with Crippen LogP contribution in [0.15, 0.2) is 34.5 Å². The number of benzene rings is 1. The van der Waals surface area contributed by atoms with Gasteiger partial charge in [0, 0.05) is 12.1 Å². The molecule has 0 amide bonds. The first-order chi connectivity index (χ1) is 8.49. The van der Waals surface area contributed by atoms with Gasteiger partial charge < -0.3 is 5.73 Å². The molecule has 0 radical (unpaired) electrons. The lowest BCUT2D eigenvalue weighted by molar-refractivity contribution is -0.485. The third-order valence-electron chi connectivity index (χ3n) is 1.69. The predicted molar refractivity (Wildman–Crippen MR) is 62.4 cm³/mol. The van der Waals surface area contributed by atoms with Crippen LogP contribution in [0.1, 0.15) is 5.56 Å². The molecule has 0 spiro atoms. The Morgan fingerprint density at radius 2 is 1.89 bits per heavy atom. The molecule has 0 fully saturated rings. The zero-order valence-corrected chi connectivity index (χ0v) is 8.89. The first kappa shape index (κ1) is 13.0. The molecule has 1 aromatic carbocycles. The van der Waals surface area contributed by atoms with E-state index in [1.54, 1.807) is 0 Å². The molecule has 10 nitrogen and oxygen atoms in total. The van der Waals surface area contributed by atoms with Crippen LogP contribution in [0.4, 0.5) is 5.69 Å². The first-order valence-electron chi connectivity index (χ1n) is 4.51. The van der Waals surface area contributed by atoms with E-state index in [2.05, 4.69) is 15.6 Å². The largest absolute Gasteiger partial charge is 0.363 e. The van der Waals surface area contributed by atoms with Crippen molar-refractivity contribution in [3.63, 3.8) is 0 Å². The van der Waals surface area contributed by atoms with Crippen molar-refractivity contribution in [1.29, 1.82) is 0 Å². The molecule has 0 saturated carbocycles. The number of nitro benzene ring substituents is 1. The van der Waals surface area contributed by atoms with Gasteiger partial charge in [0.25, 0.3) is 11.6 Å². The molecule has 0 atom stereocenters. The number of rotatable bonds is 4. The maximum Gasteiger partial charge on any atom is 0.286 e. The van der Waals surface area contributed by atoms with E-state index >= 15 is 0 Å². The lowest BCUT2D eigenvalue weighted by atomic mass is 10.2. The van der Waals surface area contributed by atoms with Crippen LogP contribution in [-0.4, -0.2) is 22.1 Å². The Balaban J connectivity index is 2.62. The Hall–Kier alpha value is -3.04. The molecule has 0 heterocycles. The number of nitro groups is 2. The zero-order chi connectivity index (χ0) is 13.5. The van der Waals surface area contributed by atoms with Crippen molar-refractivity contribution >= 4 is 17.9 Å². The Morgan fingerprint density at radius 1 is 1.28 bits per heavy atom. The minimum absolute atomic E-state index is 0.0467. The summed E-state index contributed by atoms with van der Waals surface area (Å²) >= 11 is 0. The highest BCUT2D eigenvalue weighted by atomic mass is 16.7. The van der Waals surface area contributed by atoms with E-state index in [4.69, 9.17) is 5.73 Å². The fourth-order valence-corrected chi connectivity index (χ4v) is 0.965. The van der Waals surface area contributed by atoms with Crippen LogP contribution in [0.2, 0.25) is 0 Å². The smallest absolute Gasteiger partial charge is 0.286 e. The van der Waals surface area contributed by atoms with Crippen LogP contribution in [-0.2, 0) is 0 Å². The summed E-state index contributed by atoms with van der Waals surface area (Å²) < 4.78 is 0. The standard InChI is InChI=1S/C8H8N6O4/c9-8(12-14(17)18)11-10-5-6-1-3-7(4-2-6)13(15)16/h1-5H,(H3,9,11,12). The van der Waals surface area contributed by atoms with Gasteiger partial charge in [-0.25, -0.2) is 15.5 Å². The van der Waals surface area contributed by atoms with Crippen LogP contribution in [0.25, 0.3) is 0 Å². The summed E-state index contributed by atoms with van der Waals surface area (Å²) in [4.78, 5) is 19.8. The lowest BCUT2D eigenvalue weighted by Crippen LogP contribution is -2.28. The van der Waals surface area contributed by atoms with Crippen molar-refractivity contribution in [2.45, 2.75) is 0 Å². The minimum Gasteiger partial charge on any atom is -0.363 e. The van der Waals surface area contributed by atoms with Gasteiger partial charge in [-0.05, 0) is 17.7 Å². The molecule has 0 unspecified atom stereocenters. The fraction of sp³-hybridized carbons (Fsp3) is 0. The second kappa shape index (κ2) is 5.89. The number of nitrogens with zero attached hydrogens (tertiary/aromatic N) is 4. The summed E-state index contributed by atoms with van der Waals surface area (Å²) in [6.07, 6.45) is 1.28. The molecule has 0 aliphatic rings. The minimum atomic E-state index is -0.969. The van der Waals surface area contributed by atoms with Gasteiger partial charge in [0.15, 0.2) is 5.03 Å². The fourth-order valence-electron chi connectivity index (χ4n) is 0.965. The van der Waals surface area contributed by atoms with Crippen LogP contribution < -0.4 is 11.2 Å². The number of hydrogen-bond donors (Lipinski definition) is 2. The number of guanidine groups is 1. The third kappa shape index (κ3) is 4.22. The van der Waals surface area contributed by atoms with Crippen LogP contribution >= 0.6 is 0 Å². The van der Waals surface area contributed by atoms with E-state index in [0.29, 0.717) is 5.56 Å². The highest BCUT2D eigenvalue weighted by Gasteiger charge is 2.02. The second-order valence-corrected chi connectivity index (χ2v) is 2.94. The van der Waals surface area contributed by atoms with Gasteiger partial charge in [-0.3, -0.25) is 10.1 Å². The number of nitrogens with one attached hydrogen (secondary N) is 1. The van der Waals surface area contributed by atoms with E-state index in [9.17, 15) is 20.2 Å². The molecular formula is C8H8N6O4. The maximum atomic E-state index is 10.4. The van der Waals surface area contributed by atoms with Crippen molar-refractivity contribution in [1.82, 2.24) is 5.43 Å². The van der Waals surface area contributed by atoms with Gasteiger partial charge in [-0.2, -0.15) is 5.10 Å². The molecule has 10 heteroatoms. The van der Waals surface area contributed by atoms with Crippen LogP contribution in [0.3, 0.4) is 0 Å². The number of hydrazone groups is 2. The third-order valence-corrected chi connectivity index (χ3v) is 1.69. The predicted octanol–water partition coefficient (Wildman–Crippen LogP) is 0.0247. The summed E-state index contributed by atoms with van der Waals surface area (Å²) in [6, 6.07) is 5.53. The Bertz CT molecular complexity index is 509. The summed E-state index contributed by atoms with van der Waals surface area (Å²) in [6.45, 7) is 0. The highest BCUT2D eigenvalue weighted by Crippen LogP contribution is 2.10. The van der Waals surface area contributed by atoms with E-state index in [1.807, 2.05) is 0 Å². The van der Waals surface area contributed by atoms with Crippen LogP contribution in [0.5, 0.6) is 0 Å². The van der Waals surface area contributed by atoms with Crippen molar-refractivity contribution in [2.75, 3.05) is 0 Å². The Morgan fingerprint density at radius 3 is 2.39 bits per heavy atom. The molecule has 0 aromatic heterocycles. The Labute approximate surface area is 100 Å². The van der Waals surface area contributed by atoms with E-state index in [-0.39, 0.29) is 5.69 Å². The Kier molecular flexibility index (Phi) is 4.26. The molecule has 1 aromatic rings. The van der Waals surface area contributed by atoms with Gasteiger partial charge in [0.2, 0.25) is 0 Å². The molecule has 0 bridgehead atoms. The van der Waals surface area contributed by atoms with Gasteiger partial charge >= 0.3 is 0 Å². The molecule has 1 rings (SSSR count). The molecular weight excluding hydrogens is 244 g/mol. The number of nitrogens with two attached hydrogens (primary N) is 1. The summed E-state index contributed by atoms with van der Waals surface area (Å²) in [5.74, 6) is -0.474. The molecule has 0 saturated heterocycles. The van der Waals surface area contributed by atoms with Crippen molar-refractivity contribution in [3.8, 4) is 0 Å². The molecule has 18 heavy (non-hydrogen) atoms. The zero-order valence-electron chi connectivity index (χ0n) is 8.89. The van der Waals surface area contributed by atoms with E-state index in [0.717, 1.165) is 0 Å². The molecule has 0 aliphatic carbocycles. The number of non-ortho nitro benzene ring substituents is 1. The summed E-state index contributed by atoms with van der Waals surface area (Å²) in [5, 5.41) is 25.7. The average Bonchev–Trinajstić information content (AvgIpc) is 2.28. The van der Waals surface area contributed by atoms with Crippen molar-refractivity contribution in [3.05, 3.63) is 50.1 Å². The van der Waals surface area contributed by atoms with Gasteiger partial charge in [-0.15, -0.1) is 0 Å². The van der Waals surface area contributed by atoms with E-state index < -0.39 is 15.9 Å². The van der Waals surface area contributed by atoms with E-state index in [1.165, 1.54) is 30.5 Å². The molecule has 3 N–H and O–H groups in total. The summed E-state index contributed by atoms with van der Waals surface area (Å²) in [5.41, 5.74) is 7.73. The summed E-state index contributed by atoms with van der Waals surface area (Å²) in [7, 11) is 0. The van der Waals surface area contributed by atoms with Gasteiger partial charge in [0.1, 0.15) is 5.10 Å². The highest BCUT2D eigenvalue weighted by molar-refractivity contribution is 5.82. The first-order valence-corrected chi connectivity index (χ1v) is 4.51. The molecule has 0 aliphatic heterocycles. The normalized spacial score (nSPS) is 11.4. The average molecular weight is 252 g/mol. The van der Waals surface area contributed by atoms with Crippen molar-refractivity contribution in [2.24, 2.45) is 15.9 Å². The quantitative estimate of drug-likeness (QED) is 0.334. The maximum absolute atomic E-state index is 10.4. The van der Waals surface area contributed by atoms with Crippen LogP contribution in [0, 0.1) is 20.2 Å². The SMILES string of the molecule is NC(=N[N+](=O)[O-])NN=Cc1ccc([N+](=O)[O-])cc1. The van der Waals surface area contributed by atoms with Gasteiger partial charge in [-0.1, -0.05) is 0 Å². The number of hydrogen-bond acceptors (Lipinski definition) is 5. The second-order valence-electron chi connectivity index (χ2n) is 2.94. The molecule has 94 valence electrons. The topological polar surface area (TPSA) is 149 Å².